The third kappa shape index (κ3) is 3.55. The van der Waals surface area contributed by atoms with E-state index >= 15 is 0 Å². The van der Waals surface area contributed by atoms with Crippen LogP contribution in [0, 0.1) is 0 Å². The topological polar surface area (TPSA) is 41.6 Å². The Hall–Kier alpha value is -1.26. The molecular formula is C19H29ClN2O2. The minimum atomic E-state index is -0.318. The number of likely N-dealkylation sites (N-methyl/N-ethyl adjacent to an activating group) is 1. The molecule has 1 heterocycles. The first-order valence-electron chi connectivity index (χ1n) is 8.81. The van der Waals surface area contributed by atoms with E-state index in [-0.39, 0.29) is 17.8 Å². The number of methoxy groups -OCH3 is 1. The van der Waals surface area contributed by atoms with E-state index < -0.39 is 0 Å². The Morgan fingerprint density at radius 3 is 2.46 bits per heavy atom. The number of ether oxygens (including phenoxy) is 1. The van der Waals surface area contributed by atoms with E-state index in [1.165, 1.54) is 0 Å². The van der Waals surface area contributed by atoms with Crippen molar-refractivity contribution < 1.29 is 9.53 Å². The van der Waals surface area contributed by atoms with Crippen LogP contribution in [0.4, 0.5) is 0 Å². The second kappa shape index (κ2) is 8.21. The molecule has 1 saturated heterocycles. The third-order valence-electron chi connectivity index (χ3n) is 5.63. The number of benzene rings is 1. The van der Waals surface area contributed by atoms with Gasteiger partial charge in [-0.25, -0.2) is 0 Å². The highest BCUT2D eigenvalue weighted by Gasteiger charge is 2.45. The van der Waals surface area contributed by atoms with Crippen LogP contribution in [0.1, 0.15) is 44.1 Å². The van der Waals surface area contributed by atoms with Crippen LogP contribution in [0.5, 0.6) is 5.75 Å². The van der Waals surface area contributed by atoms with Crippen LogP contribution < -0.4 is 10.1 Å². The van der Waals surface area contributed by atoms with Crippen molar-refractivity contribution in [3.63, 3.8) is 0 Å². The normalized spacial score (nSPS) is 22.8. The maximum Gasteiger partial charge on any atom is 0.233 e. The van der Waals surface area contributed by atoms with Crippen molar-refractivity contribution in [2.24, 2.45) is 0 Å². The average Bonchev–Trinajstić information content (AvgIpc) is 3.12. The number of carbonyl (C=O) groups excluding carboxylic acids is 1. The first-order chi connectivity index (χ1) is 11.2. The molecule has 4 nitrogen and oxygen atoms in total. The van der Waals surface area contributed by atoms with Gasteiger partial charge in [0.05, 0.1) is 12.5 Å². The summed E-state index contributed by atoms with van der Waals surface area (Å²) in [7, 11) is 3.67. The molecule has 1 N–H and O–H groups in total. The van der Waals surface area contributed by atoms with Gasteiger partial charge in [-0.2, -0.15) is 0 Å². The van der Waals surface area contributed by atoms with Crippen LogP contribution in [0.25, 0.3) is 0 Å². The largest absolute Gasteiger partial charge is 0.497 e. The Morgan fingerprint density at radius 1 is 1.21 bits per heavy atom. The van der Waals surface area contributed by atoms with E-state index in [0.29, 0.717) is 11.9 Å². The lowest BCUT2D eigenvalue weighted by Crippen LogP contribution is -2.52. The number of piperidine rings is 1. The monoisotopic (exact) mass is 352 g/mol. The summed E-state index contributed by atoms with van der Waals surface area (Å²) in [5.41, 5.74) is 0.842. The van der Waals surface area contributed by atoms with Crippen molar-refractivity contribution >= 4 is 18.3 Å². The molecule has 134 valence electrons. The molecule has 1 saturated carbocycles. The van der Waals surface area contributed by atoms with Crippen molar-refractivity contribution in [2.45, 2.75) is 50.0 Å². The van der Waals surface area contributed by atoms with Gasteiger partial charge in [0.1, 0.15) is 5.75 Å². The smallest absolute Gasteiger partial charge is 0.233 e. The molecule has 0 bridgehead atoms. The van der Waals surface area contributed by atoms with Crippen molar-refractivity contribution in [1.82, 2.24) is 10.2 Å². The number of nitrogens with zero attached hydrogens (tertiary/aromatic N) is 1. The van der Waals surface area contributed by atoms with Crippen molar-refractivity contribution in [3.05, 3.63) is 29.8 Å². The second-order valence-electron chi connectivity index (χ2n) is 6.90. The van der Waals surface area contributed by atoms with E-state index in [9.17, 15) is 4.79 Å². The molecule has 1 aliphatic heterocycles. The molecule has 5 heteroatoms. The lowest BCUT2D eigenvalue weighted by molar-refractivity contribution is -0.138. The lowest BCUT2D eigenvalue weighted by Gasteiger charge is -2.39. The van der Waals surface area contributed by atoms with Crippen LogP contribution in [0.2, 0.25) is 0 Å². The molecule has 2 aliphatic rings. The summed E-state index contributed by atoms with van der Waals surface area (Å²) in [6.07, 6.45) is 6.48. The highest BCUT2D eigenvalue weighted by Crippen LogP contribution is 2.43. The predicted molar refractivity (Wildman–Crippen MR) is 99.0 cm³/mol. The number of hydrogen-bond donors (Lipinski definition) is 1. The molecule has 1 aromatic rings. The number of amides is 1. The highest BCUT2D eigenvalue weighted by atomic mass is 35.5. The third-order valence-corrected chi connectivity index (χ3v) is 5.63. The van der Waals surface area contributed by atoms with Crippen LogP contribution in [0.15, 0.2) is 24.3 Å². The van der Waals surface area contributed by atoms with E-state index in [1.54, 1.807) is 7.11 Å². The molecular weight excluding hydrogens is 324 g/mol. The van der Waals surface area contributed by atoms with Gasteiger partial charge in [0, 0.05) is 19.1 Å². The number of likely N-dealkylation sites (tertiary alicyclic amines) is 1. The number of rotatable bonds is 4. The van der Waals surface area contributed by atoms with Gasteiger partial charge in [-0.15, -0.1) is 12.4 Å². The molecule has 24 heavy (non-hydrogen) atoms. The summed E-state index contributed by atoms with van der Waals surface area (Å²) < 4.78 is 5.27. The molecule has 0 radical (unpaired) electrons. The summed E-state index contributed by atoms with van der Waals surface area (Å²) in [6, 6.07) is 8.57. The first-order valence-corrected chi connectivity index (χ1v) is 8.81. The SMILES string of the molecule is CNC1CCCN(C(=O)C2(c3ccc(OC)cc3)CCCC2)C1.Cl. The summed E-state index contributed by atoms with van der Waals surface area (Å²) >= 11 is 0. The van der Waals surface area contributed by atoms with Gasteiger partial charge in [0.15, 0.2) is 0 Å². The van der Waals surface area contributed by atoms with E-state index in [2.05, 4.69) is 22.3 Å². The van der Waals surface area contributed by atoms with E-state index in [1.807, 2.05) is 19.2 Å². The van der Waals surface area contributed by atoms with Crippen molar-refractivity contribution in [3.8, 4) is 5.75 Å². The number of halogens is 1. The van der Waals surface area contributed by atoms with Crippen LogP contribution in [0.3, 0.4) is 0 Å². The maximum absolute atomic E-state index is 13.4. The summed E-state index contributed by atoms with van der Waals surface area (Å²) in [5, 5.41) is 3.34. The molecule has 1 amide bonds. The summed E-state index contributed by atoms with van der Waals surface area (Å²) in [5.74, 6) is 1.18. The van der Waals surface area contributed by atoms with E-state index in [0.717, 1.165) is 62.9 Å². The van der Waals surface area contributed by atoms with Crippen molar-refractivity contribution in [1.29, 1.82) is 0 Å². The summed E-state index contributed by atoms with van der Waals surface area (Å²) in [4.78, 5) is 15.5. The van der Waals surface area contributed by atoms with Gasteiger partial charge in [-0.1, -0.05) is 25.0 Å². The van der Waals surface area contributed by atoms with Crippen molar-refractivity contribution in [2.75, 3.05) is 27.2 Å². The van der Waals surface area contributed by atoms with Gasteiger partial charge >= 0.3 is 0 Å². The Bertz CT molecular complexity index is 541. The van der Waals surface area contributed by atoms with Crippen LogP contribution in [-0.2, 0) is 10.2 Å². The Kier molecular flexibility index (Phi) is 6.53. The molecule has 3 rings (SSSR count). The number of carbonyl (C=O) groups is 1. The van der Waals surface area contributed by atoms with E-state index in [4.69, 9.17) is 4.74 Å². The van der Waals surface area contributed by atoms with Gasteiger partial charge in [0.2, 0.25) is 5.91 Å². The lowest BCUT2D eigenvalue weighted by atomic mass is 9.77. The number of hydrogen-bond acceptors (Lipinski definition) is 3. The second-order valence-corrected chi connectivity index (χ2v) is 6.90. The fraction of sp³-hybridized carbons (Fsp3) is 0.632. The standard InChI is InChI=1S/C19H28N2O2.ClH/c1-20-16-6-5-13-21(14-16)18(22)19(11-3-4-12-19)15-7-9-17(23-2)10-8-15;/h7-10,16,20H,3-6,11-14H2,1-2H3;1H. The van der Waals surface area contributed by atoms with Gasteiger partial charge in [-0.3, -0.25) is 4.79 Å². The zero-order chi connectivity index (χ0) is 16.3. The molecule has 2 fully saturated rings. The fourth-order valence-corrected chi connectivity index (χ4v) is 4.21. The molecule has 0 spiro atoms. The molecule has 0 aromatic heterocycles. The van der Waals surface area contributed by atoms with Crippen LogP contribution in [-0.4, -0.2) is 44.1 Å². The Labute approximate surface area is 151 Å². The Morgan fingerprint density at radius 2 is 1.88 bits per heavy atom. The Balaban J connectivity index is 0.00000208. The zero-order valence-electron chi connectivity index (χ0n) is 14.7. The van der Waals surface area contributed by atoms with Gasteiger partial charge in [-0.05, 0) is 50.4 Å². The summed E-state index contributed by atoms with van der Waals surface area (Å²) in [6.45, 7) is 1.74. The zero-order valence-corrected chi connectivity index (χ0v) is 15.5. The first kappa shape index (κ1) is 19.1. The van der Waals surface area contributed by atoms with Gasteiger partial charge < -0.3 is 15.0 Å². The molecule has 1 unspecified atom stereocenters. The highest BCUT2D eigenvalue weighted by molar-refractivity contribution is 5.89. The molecule has 1 atom stereocenters. The predicted octanol–water partition coefficient (Wildman–Crippen LogP) is 3.14. The molecule has 1 aromatic carbocycles. The maximum atomic E-state index is 13.4. The fourth-order valence-electron chi connectivity index (χ4n) is 4.21. The minimum Gasteiger partial charge on any atom is -0.497 e. The van der Waals surface area contributed by atoms with Crippen LogP contribution >= 0.6 is 12.4 Å². The van der Waals surface area contributed by atoms with Gasteiger partial charge in [0.25, 0.3) is 0 Å². The average molecular weight is 353 g/mol. The number of nitrogens with one attached hydrogen (secondary N) is 1. The molecule has 1 aliphatic carbocycles. The quantitative estimate of drug-likeness (QED) is 0.905. The minimum absolute atomic E-state index is 0.